The first-order valence-corrected chi connectivity index (χ1v) is 12.8. The molecular formula is C29H30FN3O5S. The summed E-state index contributed by atoms with van der Waals surface area (Å²) in [6, 6.07) is 20.1. The highest BCUT2D eigenvalue weighted by Gasteiger charge is 2.53. The van der Waals surface area contributed by atoms with Crippen molar-refractivity contribution in [1.29, 1.82) is 0 Å². The van der Waals surface area contributed by atoms with Crippen LogP contribution < -0.4 is 20.1 Å². The number of nitrogens with zero attached hydrogens (tertiary/aromatic N) is 1. The number of benzene rings is 3. The number of hydrogen-bond acceptors (Lipinski definition) is 6. The normalized spacial score (nSPS) is 16.6. The van der Waals surface area contributed by atoms with Gasteiger partial charge in [-0.3, -0.25) is 9.59 Å². The minimum Gasteiger partial charge on any atom is -0.497 e. The number of carbonyl (C=O) groups is 2. The number of hydrogen-bond donors (Lipinski definition) is 2. The lowest BCUT2D eigenvalue weighted by Gasteiger charge is -2.36. The Bertz CT molecular complexity index is 1300. The van der Waals surface area contributed by atoms with Gasteiger partial charge in [-0.15, -0.1) is 0 Å². The molecule has 204 valence electrons. The van der Waals surface area contributed by atoms with Crippen molar-refractivity contribution >= 4 is 34.8 Å². The molecule has 3 aromatic carbocycles. The lowest BCUT2D eigenvalue weighted by Crippen LogP contribution is -2.50. The molecule has 2 N–H and O–H groups in total. The van der Waals surface area contributed by atoms with Crippen LogP contribution in [0.5, 0.6) is 11.5 Å². The summed E-state index contributed by atoms with van der Waals surface area (Å²) in [4.78, 5) is 28.6. The van der Waals surface area contributed by atoms with E-state index in [9.17, 15) is 14.0 Å². The number of methoxy groups -OCH3 is 2. The highest BCUT2D eigenvalue weighted by molar-refractivity contribution is 7.80. The zero-order valence-electron chi connectivity index (χ0n) is 21.7. The molecule has 0 aromatic heterocycles. The summed E-state index contributed by atoms with van der Waals surface area (Å²) < 4.78 is 29.6. The van der Waals surface area contributed by atoms with E-state index in [-0.39, 0.29) is 11.5 Å². The van der Waals surface area contributed by atoms with E-state index >= 15 is 0 Å². The molecule has 0 radical (unpaired) electrons. The molecule has 1 saturated heterocycles. The Hall–Kier alpha value is -4.02. The van der Waals surface area contributed by atoms with Crippen molar-refractivity contribution in [2.75, 3.05) is 39.3 Å². The Balaban J connectivity index is 1.57. The summed E-state index contributed by atoms with van der Waals surface area (Å²) in [6.07, 6.45) is 0.313. The molecule has 1 aliphatic heterocycles. The molecule has 4 rings (SSSR count). The molecule has 10 heteroatoms. The van der Waals surface area contributed by atoms with Crippen molar-refractivity contribution in [2.45, 2.75) is 18.4 Å². The van der Waals surface area contributed by atoms with Gasteiger partial charge < -0.3 is 29.7 Å². The van der Waals surface area contributed by atoms with E-state index < -0.39 is 23.2 Å². The third-order valence-corrected chi connectivity index (χ3v) is 6.84. The van der Waals surface area contributed by atoms with Crippen LogP contribution in [-0.2, 0) is 26.3 Å². The summed E-state index contributed by atoms with van der Waals surface area (Å²) in [7, 11) is 3.19. The summed E-state index contributed by atoms with van der Waals surface area (Å²) in [6.45, 7) is 1.22. The van der Waals surface area contributed by atoms with Crippen LogP contribution in [0.4, 0.5) is 10.1 Å². The molecule has 8 nitrogen and oxygen atoms in total. The Morgan fingerprint density at radius 1 is 0.974 bits per heavy atom. The maximum Gasteiger partial charge on any atom is 0.257 e. The van der Waals surface area contributed by atoms with Crippen molar-refractivity contribution in [3.8, 4) is 11.5 Å². The largest absolute Gasteiger partial charge is 0.497 e. The van der Waals surface area contributed by atoms with Gasteiger partial charge in [-0.2, -0.15) is 0 Å². The molecular weight excluding hydrogens is 521 g/mol. The number of anilines is 1. The molecule has 1 fully saturated rings. The fourth-order valence-electron chi connectivity index (χ4n) is 4.49. The molecule has 2 amide bonds. The standard InChI is InChI=1S/C29H30FN3O5S/c1-36-17-18-38-25-13-9-23(10-14-25)31-26(34)19-29(21-5-7-22(30)8-6-21)27(35)32-28(39)33(29)16-15-20-3-11-24(37-2)12-4-20/h3-14H,15-19H2,1-2H3,(H,31,34)(H,32,35,39). The van der Waals surface area contributed by atoms with E-state index in [0.717, 1.165) is 11.3 Å². The average Bonchev–Trinajstić information content (AvgIpc) is 3.17. The highest BCUT2D eigenvalue weighted by atomic mass is 32.1. The van der Waals surface area contributed by atoms with Gasteiger partial charge in [0.05, 0.1) is 20.1 Å². The second kappa shape index (κ2) is 12.7. The van der Waals surface area contributed by atoms with Gasteiger partial charge in [-0.1, -0.05) is 24.3 Å². The zero-order valence-corrected chi connectivity index (χ0v) is 22.6. The van der Waals surface area contributed by atoms with E-state index in [1.807, 2.05) is 24.3 Å². The minimum absolute atomic E-state index is 0.211. The van der Waals surface area contributed by atoms with Gasteiger partial charge >= 0.3 is 0 Å². The Morgan fingerprint density at radius 3 is 2.28 bits per heavy atom. The van der Waals surface area contributed by atoms with Gasteiger partial charge in [0.1, 0.15) is 23.9 Å². The number of thiocarbonyl (C=S) groups is 1. The van der Waals surface area contributed by atoms with E-state index in [2.05, 4.69) is 10.6 Å². The minimum atomic E-state index is -1.45. The van der Waals surface area contributed by atoms with Crippen molar-refractivity contribution < 1.29 is 28.2 Å². The Kier molecular flexibility index (Phi) is 9.11. The van der Waals surface area contributed by atoms with Gasteiger partial charge in [-0.25, -0.2) is 4.39 Å². The predicted octanol–water partition coefficient (Wildman–Crippen LogP) is 4.04. The van der Waals surface area contributed by atoms with Crippen molar-refractivity contribution in [2.24, 2.45) is 0 Å². The van der Waals surface area contributed by atoms with Gasteiger partial charge in [0.15, 0.2) is 10.7 Å². The van der Waals surface area contributed by atoms with Crippen LogP contribution >= 0.6 is 12.2 Å². The number of amides is 2. The fourth-order valence-corrected chi connectivity index (χ4v) is 4.83. The van der Waals surface area contributed by atoms with Crippen molar-refractivity contribution in [1.82, 2.24) is 10.2 Å². The molecule has 0 saturated carbocycles. The number of ether oxygens (including phenoxy) is 3. The van der Waals surface area contributed by atoms with Crippen LogP contribution in [0, 0.1) is 5.82 Å². The summed E-state index contributed by atoms with van der Waals surface area (Å²) >= 11 is 5.53. The van der Waals surface area contributed by atoms with E-state index in [1.54, 1.807) is 43.4 Å². The quantitative estimate of drug-likeness (QED) is 0.259. The second-order valence-corrected chi connectivity index (χ2v) is 9.35. The molecule has 1 aliphatic rings. The van der Waals surface area contributed by atoms with E-state index in [4.69, 9.17) is 26.4 Å². The molecule has 0 aliphatic carbocycles. The number of halogens is 1. The molecule has 3 aromatic rings. The van der Waals surface area contributed by atoms with Crippen LogP contribution in [0.1, 0.15) is 17.5 Å². The van der Waals surface area contributed by atoms with E-state index in [0.29, 0.717) is 43.2 Å². The number of carbonyl (C=O) groups excluding carboxylic acids is 2. The highest BCUT2D eigenvalue weighted by Crippen LogP contribution is 2.37. The molecule has 0 bridgehead atoms. The molecule has 0 spiro atoms. The maximum absolute atomic E-state index is 13.8. The lowest BCUT2D eigenvalue weighted by atomic mass is 9.84. The third kappa shape index (κ3) is 6.52. The van der Waals surface area contributed by atoms with Gasteiger partial charge in [0.2, 0.25) is 5.91 Å². The van der Waals surface area contributed by atoms with Crippen LogP contribution in [0.25, 0.3) is 0 Å². The SMILES string of the molecule is COCCOc1ccc(NC(=O)CC2(c3ccc(F)cc3)C(=O)NC(=S)N2CCc2ccc(OC)cc2)cc1. The number of nitrogens with one attached hydrogen (secondary N) is 2. The first kappa shape index (κ1) is 28.0. The fraction of sp³-hybridized carbons (Fsp3) is 0.276. The first-order chi connectivity index (χ1) is 18.8. The van der Waals surface area contributed by atoms with Gasteiger partial charge in [0, 0.05) is 19.3 Å². The second-order valence-electron chi connectivity index (χ2n) is 8.97. The van der Waals surface area contributed by atoms with Crippen LogP contribution in [0.2, 0.25) is 0 Å². The monoisotopic (exact) mass is 551 g/mol. The van der Waals surface area contributed by atoms with Crippen LogP contribution in [0.3, 0.4) is 0 Å². The number of rotatable bonds is 12. The van der Waals surface area contributed by atoms with Crippen LogP contribution in [0.15, 0.2) is 72.8 Å². The lowest BCUT2D eigenvalue weighted by molar-refractivity contribution is -0.131. The summed E-state index contributed by atoms with van der Waals surface area (Å²) in [5.41, 5.74) is 0.556. The topological polar surface area (TPSA) is 89.1 Å². The smallest absolute Gasteiger partial charge is 0.257 e. The molecule has 1 atom stereocenters. The molecule has 39 heavy (non-hydrogen) atoms. The Morgan fingerprint density at radius 2 is 1.64 bits per heavy atom. The van der Waals surface area contributed by atoms with Gasteiger partial charge in [0.25, 0.3) is 5.91 Å². The van der Waals surface area contributed by atoms with Gasteiger partial charge in [-0.05, 0) is 78.3 Å². The average molecular weight is 552 g/mol. The van der Waals surface area contributed by atoms with Crippen molar-refractivity contribution in [3.63, 3.8) is 0 Å². The maximum atomic E-state index is 13.8. The van der Waals surface area contributed by atoms with E-state index in [1.165, 1.54) is 24.3 Å². The summed E-state index contributed by atoms with van der Waals surface area (Å²) in [5, 5.41) is 5.79. The third-order valence-electron chi connectivity index (χ3n) is 6.52. The summed E-state index contributed by atoms with van der Waals surface area (Å²) in [5.74, 6) is 0.0849. The molecule has 1 heterocycles. The molecule has 1 unspecified atom stereocenters. The van der Waals surface area contributed by atoms with Crippen LogP contribution in [-0.4, -0.2) is 55.8 Å². The zero-order chi connectivity index (χ0) is 27.8. The first-order valence-electron chi connectivity index (χ1n) is 12.4. The Labute approximate surface area is 232 Å². The van der Waals surface area contributed by atoms with Crippen molar-refractivity contribution in [3.05, 3.63) is 89.7 Å². The predicted molar refractivity (Wildman–Crippen MR) is 149 cm³/mol.